The molecule has 1 unspecified atom stereocenters. The third-order valence-corrected chi connectivity index (χ3v) is 5.07. The van der Waals surface area contributed by atoms with Gasteiger partial charge >= 0.3 is 0 Å². The minimum absolute atomic E-state index is 0.0269. The minimum Gasteiger partial charge on any atom is -0.350 e. The van der Waals surface area contributed by atoms with E-state index in [1.807, 2.05) is 17.5 Å². The number of carbonyl (C=O) groups excluding carboxylic acids is 2. The van der Waals surface area contributed by atoms with Gasteiger partial charge in [0.05, 0.1) is 6.42 Å². The second kappa shape index (κ2) is 7.57. The summed E-state index contributed by atoms with van der Waals surface area (Å²) >= 11 is 1.54. The van der Waals surface area contributed by atoms with Crippen molar-refractivity contribution in [3.05, 3.63) is 58.0 Å². The number of nitrogens with one attached hydrogen (secondary N) is 1. The maximum absolute atomic E-state index is 13.6. The van der Waals surface area contributed by atoms with Gasteiger partial charge < -0.3 is 10.2 Å². The van der Waals surface area contributed by atoms with E-state index in [-0.39, 0.29) is 24.2 Å². The van der Waals surface area contributed by atoms with Gasteiger partial charge in [0, 0.05) is 23.5 Å². The van der Waals surface area contributed by atoms with Crippen LogP contribution in [0.3, 0.4) is 0 Å². The van der Waals surface area contributed by atoms with Crippen molar-refractivity contribution in [3.63, 3.8) is 0 Å². The Morgan fingerprint density at radius 3 is 2.83 bits per heavy atom. The number of hydrogen-bond acceptors (Lipinski definition) is 3. The van der Waals surface area contributed by atoms with Gasteiger partial charge in [0.25, 0.3) is 0 Å². The Kier molecular flexibility index (Phi) is 5.25. The second-order valence-corrected chi connectivity index (χ2v) is 6.84. The monoisotopic (exact) mass is 346 g/mol. The smallest absolute Gasteiger partial charge is 0.243 e. The van der Waals surface area contributed by atoms with Crippen LogP contribution in [0.25, 0.3) is 0 Å². The predicted molar refractivity (Wildman–Crippen MR) is 91.0 cm³/mol. The lowest BCUT2D eigenvalue weighted by molar-refractivity contribution is -0.138. The number of nitrogens with zero attached hydrogens (tertiary/aromatic N) is 1. The zero-order valence-corrected chi connectivity index (χ0v) is 14.0. The quantitative estimate of drug-likeness (QED) is 0.905. The van der Waals surface area contributed by atoms with Gasteiger partial charge in [0.15, 0.2) is 0 Å². The van der Waals surface area contributed by atoms with Crippen molar-refractivity contribution in [1.82, 2.24) is 10.2 Å². The highest BCUT2D eigenvalue weighted by Crippen LogP contribution is 2.20. The molecule has 3 rings (SSSR count). The van der Waals surface area contributed by atoms with E-state index in [1.165, 1.54) is 17.4 Å². The van der Waals surface area contributed by atoms with Crippen LogP contribution in [0, 0.1) is 5.82 Å². The first-order valence-electron chi connectivity index (χ1n) is 7.98. The van der Waals surface area contributed by atoms with Crippen LogP contribution >= 0.6 is 11.3 Å². The van der Waals surface area contributed by atoms with Crippen molar-refractivity contribution in [1.29, 1.82) is 0 Å². The number of benzene rings is 1. The summed E-state index contributed by atoms with van der Waals surface area (Å²) in [6, 6.07) is 9.74. The third kappa shape index (κ3) is 3.82. The zero-order chi connectivity index (χ0) is 16.9. The van der Waals surface area contributed by atoms with Gasteiger partial charge in [-0.3, -0.25) is 9.59 Å². The van der Waals surface area contributed by atoms with Gasteiger partial charge in [-0.15, -0.1) is 11.3 Å². The number of likely N-dealkylation sites (tertiary alicyclic amines) is 1. The molecule has 1 aromatic carbocycles. The van der Waals surface area contributed by atoms with Gasteiger partial charge in [0.2, 0.25) is 11.8 Å². The molecular weight excluding hydrogens is 327 g/mol. The fraction of sp³-hybridized carbons (Fsp3) is 0.333. The molecule has 1 aromatic heterocycles. The lowest BCUT2D eigenvalue weighted by Crippen LogP contribution is -2.46. The summed E-state index contributed by atoms with van der Waals surface area (Å²) in [5.74, 6) is -0.578. The molecule has 1 aliphatic heterocycles. The first-order chi connectivity index (χ1) is 11.6. The molecule has 0 radical (unpaired) electrons. The van der Waals surface area contributed by atoms with Crippen LogP contribution in [0.5, 0.6) is 0 Å². The normalized spacial score (nSPS) is 17.0. The number of hydrogen-bond donors (Lipinski definition) is 1. The van der Waals surface area contributed by atoms with Gasteiger partial charge in [-0.05, 0) is 30.4 Å². The Morgan fingerprint density at radius 2 is 2.08 bits per heavy atom. The summed E-state index contributed by atoms with van der Waals surface area (Å²) in [4.78, 5) is 27.5. The molecule has 1 aliphatic rings. The van der Waals surface area contributed by atoms with Gasteiger partial charge in [-0.1, -0.05) is 24.3 Å². The van der Waals surface area contributed by atoms with Crippen molar-refractivity contribution in [2.24, 2.45) is 0 Å². The maximum Gasteiger partial charge on any atom is 0.243 e. The average Bonchev–Trinajstić information content (AvgIpc) is 3.25. The summed E-state index contributed by atoms with van der Waals surface area (Å²) in [6.07, 6.45) is 1.79. The molecule has 0 saturated carbocycles. The van der Waals surface area contributed by atoms with Crippen LogP contribution in [-0.4, -0.2) is 29.3 Å². The molecule has 6 heteroatoms. The van der Waals surface area contributed by atoms with Crippen molar-refractivity contribution < 1.29 is 14.0 Å². The molecule has 1 fully saturated rings. The van der Waals surface area contributed by atoms with Gasteiger partial charge in [0.1, 0.15) is 11.9 Å². The highest BCUT2D eigenvalue weighted by Gasteiger charge is 2.33. The SMILES string of the molecule is O=C(NCc1ccccc1F)C1CCCN1C(=O)Cc1cccs1. The van der Waals surface area contributed by atoms with E-state index in [0.717, 1.165) is 11.3 Å². The summed E-state index contributed by atoms with van der Waals surface area (Å²) < 4.78 is 13.6. The highest BCUT2D eigenvalue weighted by molar-refractivity contribution is 7.10. The Morgan fingerprint density at radius 1 is 1.25 bits per heavy atom. The molecule has 1 N–H and O–H groups in total. The Bertz CT molecular complexity index is 718. The average molecular weight is 346 g/mol. The fourth-order valence-electron chi connectivity index (χ4n) is 2.94. The van der Waals surface area contributed by atoms with Crippen molar-refractivity contribution in [2.45, 2.75) is 31.8 Å². The molecule has 4 nitrogen and oxygen atoms in total. The molecule has 2 aromatic rings. The number of amides is 2. The molecule has 1 saturated heterocycles. The van der Waals surface area contributed by atoms with Crippen molar-refractivity contribution >= 4 is 23.2 Å². The number of halogens is 1. The lowest BCUT2D eigenvalue weighted by Gasteiger charge is -2.24. The summed E-state index contributed by atoms with van der Waals surface area (Å²) in [5.41, 5.74) is 0.445. The van der Waals surface area contributed by atoms with E-state index in [1.54, 1.807) is 23.1 Å². The molecule has 1 atom stereocenters. The van der Waals surface area contributed by atoms with Gasteiger partial charge in [-0.25, -0.2) is 4.39 Å². The first kappa shape index (κ1) is 16.6. The highest BCUT2D eigenvalue weighted by atomic mass is 32.1. The van der Waals surface area contributed by atoms with Crippen molar-refractivity contribution in [3.8, 4) is 0 Å². The lowest BCUT2D eigenvalue weighted by atomic mass is 10.1. The Labute approximate surface area is 144 Å². The van der Waals surface area contributed by atoms with E-state index in [0.29, 0.717) is 24.9 Å². The van der Waals surface area contributed by atoms with E-state index in [4.69, 9.17) is 0 Å². The molecular formula is C18H19FN2O2S. The topological polar surface area (TPSA) is 49.4 Å². The van der Waals surface area contributed by atoms with Crippen LogP contribution in [0.2, 0.25) is 0 Å². The third-order valence-electron chi connectivity index (χ3n) is 4.19. The maximum atomic E-state index is 13.6. The summed E-state index contributed by atoms with van der Waals surface area (Å²) in [6.45, 7) is 0.733. The molecule has 126 valence electrons. The predicted octanol–water partition coefficient (Wildman–Crippen LogP) is 2.74. The fourth-order valence-corrected chi connectivity index (χ4v) is 3.64. The van der Waals surface area contributed by atoms with E-state index in [9.17, 15) is 14.0 Å². The molecule has 0 aliphatic carbocycles. The van der Waals surface area contributed by atoms with Crippen molar-refractivity contribution in [2.75, 3.05) is 6.54 Å². The van der Waals surface area contributed by atoms with Crippen LogP contribution in [-0.2, 0) is 22.6 Å². The second-order valence-electron chi connectivity index (χ2n) is 5.81. The van der Waals surface area contributed by atoms with Crippen LogP contribution in [0.15, 0.2) is 41.8 Å². The Hall–Kier alpha value is -2.21. The Balaban J connectivity index is 1.59. The zero-order valence-electron chi connectivity index (χ0n) is 13.2. The first-order valence-corrected chi connectivity index (χ1v) is 8.86. The summed E-state index contributed by atoms with van der Waals surface area (Å²) in [5, 5.41) is 4.69. The number of rotatable bonds is 5. The van der Waals surface area contributed by atoms with Crippen LogP contribution in [0.4, 0.5) is 4.39 Å². The van der Waals surface area contributed by atoms with Crippen LogP contribution in [0.1, 0.15) is 23.3 Å². The molecule has 0 bridgehead atoms. The number of carbonyl (C=O) groups is 2. The molecule has 24 heavy (non-hydrogen) atoms. The summed E-state index contributed by atoms with van der Waals surface area (Å²) in [7, 11) is 0. The van der Waals surface area contributed by atoms with E-state index >= 15 is 0 Å². The molecule has 0 spiro atoms. The molecule has 2 amide bonds. The minimum atomic E-state index is -0.454. The largest absolute Gasteiger partial charge is 0.350 e. The van der Waals surface area contributed by atoms with Crippen LogP contribution < -0.4 is 5.32 Å². The standard InChI is InChI=1S/C18H19FN2O2S/c19-15-7-2-1-5-13(15)12-20-18(23)16-8-3-9-21(16)17(22)11-14-6-4-10-24-14/h1-2,4-7,10,16H,3,8-9,11-12H2,(H,20,23). The van der Waals surface area contributed by atoms with E-state index < -0.39 is 6.04 Å². The van der Waals surface area contributed by atoms with Gasteiger partial charge in [-0.2, -0.15) is 0 Å². The number of thiophene rings is 1. The van der Waals surface area contributed by atoms with E-state index in [2.05, 4.69) is 5.32 Å². The molecule has 2 heterocycles.